The topological polar surface area (TPSA) is 48.9 Å². The molecule has 1 heterocycles. The van der Waals surface area contributed by atoms with Gasteiger partial charge in [-0.2, -0.15) is 0 Å². The van der Waals surface area contributed by atoms with E-state index in [1.54, 1.807) is 6.07 Å². The zero-order chi connectivity index (χ0) is 20.4. The van der Waals surface area contributed by atoms with Gasteiger partial charge in [-0.25, -0.2) is 4.39 Å². The van der Waals surface area contributed by atoms with Crippen LogP contribution in [0.25, 0.3) is 0 Å². The van der Waals surface area contributed by atoms with Gasteiger partial charge in [-0.1, -0.05) is 17.7 Å². The van der Waals surface area contributed by atoms with Crippen LogP contribution < -0.4 is 10.6 Å². The number of nitrogens with one attached hydrogen (secondary N) is 2. The lowest BCUT2D eigenvalue weighted by atomic mass is 10.1. The number of likely N-dealkylation sites (tertiary alicyclic amines) is 1. The Kier molecular flexibility index (Phi) is 13.1. The monoisotopic (exact) mass is 540 g/mol. The molecule has 8 heteroatoms. The van der Waals surface area contributed by atoms with Gasteiger partial charge in [0.1, 0.15) is 5.82 Å². The Morgan fingerprint density at radius 2 is 2.07 bits per heavy atom. The summed E-state index contributed by atoms with van der Waals surface area (Å²) < 4.78 is 18.8. The predicted octanol–water partition coefficient (Wildman–Crippen LogP) is 4.08. The molecule has 1 aliphatic heterocycles. The molecule has 0 radical (unpaired) electrons. The van der Waals surface area contributed by atoms with E-state index in [2.05, 4.69) is 41.3 Å². The highest BCUT2D eigenvalue weighted by Gasteiger charge is 2.19. The Morgan fingerprint density at radius 1 is 1.34 bits per heavy atom. The van der Waals surface area contributed by atoms with Gasteiger partial charge in [0, 0.05) is 43.8 Å². The van der Waals surface area contributed by atoms with Crippen LogP contribution in [0.2, 0.25) is 5.02 Å². The molecule has 0 amide bonds. The second-order valence-corrected chi connectivity index (χ2v) is 7.83. The molecule has 1 saturated heterocycles. The van der Waals surface area contributed by atoms with E-state index in [0.717, 1.165) is 57.2 Å². The van der Waals surface area contributed by atoms with E-state index in [1.807, 2.05) is 0 Å². The third-order valence-electron chi connectivity index (χ3n) is 4.80. The average Bonchev–Trinajstić information content (AvgIpc) is 2.65. The molecule has 5 nitrogen and oxygen atoms in total. The molecule has 29 heavy (non-hydrogen) atoms. The highest BCUT2D eigenvalue weighted by Crippen LogP contribution is 2.17. The maximum atomic E-state index is 13.1. The van der Waals surface area contributed by atoms with Crippen molar-refractivity contribution in [2.45, 2.75) is 52.2 Å². The van der Waals surface area contributed by atoms with E-state index in [-0.39, 0.29) is 29.8 Å². The van der Waals surface area contributed by atoms with Crippen molar-refractivity contribution in [3.63, 3.8) is 0 Å². The van der Waals surface area contributed by atoms with Gasteiger partial charge >= 0.3 is 0 Å². The van der Waals surface area contributed by atoms with Crippen molar-refractivity contribution < 1.29 is 9.13 Å². The van der Waals surface area contributed by atoms with Crippen LogP contribution in [0.5, 0.6) is 0 Å². The zero-order valence-corrected chi connectivity index (χ0v) is 20.8. The van der Waals surface area contributed by atoms with Gasteiger partial charge in [0.05, 0.1) is 12.7 Å². The lowest BCUT2D eigenvalue weighted by molar-refractivity contribution is 0.0532. The SMILES string of the molecule is CCNC(=NCCc1ccc(F)cc1Cl)NC1CCN(CCOC(C)C)CC1.I. The van der Waals surface area contributed by atoms with Crippen LogP contribution in [0.15, 0.2) is 23.2 Å². The van der Waals surface area contributed by atoms with Crippen molar-refractivity contribution in [2.24, 2.45) is 4.99 Å². The third-order valence-corrected chi connectivity index (χ3v) is 5.15. The number of guanidine groups is 1. The number of nitrogens with zero attached hydrogens (tertiary/aromatic N) is 2. The maximum Gasteiger partial charge on any atom is 0.191 e. The summed E-state index contributed by atoms with van der Waals surface area (Å²) >= 11 is 6.10. The van der Waals surface area contributed by atoms with Gasteiger partial charge < -0.3 is 20.3 Å². The minimum Gasteiger partial charge on any atom is -0.377 e. The van der Waals surface area contributed by atoms with Gasteiger partial charge in [-0.3, -0.25) is 4.99 Å². The molecule has 0 saturated carbocycles. The smallest absolute Gasteiger partial charge is 0.191 e. The van der Waals surface area contributed by atoms with Crippen LogP contribution >= 0.6 is 35.6 Å². The molecule has 166 valence electrons. The van der Waals surface area contributed by atoms with Crippen LogP contribution in [0.1, 0.15) is 39.2 Å². The lowest BCUT2D eigenvalue weighted by Gasteiger charge is -2.33. The van der Waals surface area contributed by atoms with Gasteiger partial charge in [-0.05, 0) is 57.7 Å². The molecular weight excluding hydrogens is 506 g/mol. The first-order valence-electron chi connectivity index (χ1n) is 10.3. The van der Waals surface area contributed by atoms with E-state index >= 15 is 0 Å². The van der Waals surface area contributed by atoms with Gasteiger partial charge in [-0.15, -0.1) is 24.0 Å². The summed E-state index contributed by atoms with van der Waals surface area (Å²) in [6, 6.07) is 4.94. The number of piperidine rings is 1. The third kappa shape index (κ3) is 10.3. The fourth-order valence-corrected chi connectivity index (χ4v) is 3.51. The Labute approximate surface area is 196 Å². The maximum absolute atomic E-state index is 13.1. The second kappa shape index (κ2) is 14.4. The summed E-state index contributed by atoms with van der Waals surface area (Å²) in [4.78, 5) is 7.12. The molecular formula is C21H35ClFIN4O. The van der Waals surface area contributed by atoms with Crippen LogP contribution in [-0.4, -0.2) is 62.3 Å². The Morgan fingerprint density at radius 3 is 2.69 bits per heavy atom. The fourth-order valence-electron chi connectivity index (χ4n) is 3.24. The normalized spacial score (nSPS) is 16.0. The summed E-state index contributed by atoms with van der Waals surface area (Å²) in [6.07, 6.45) is 3.17. The average molecular weight is 541 g/mol. The quantitative estimate of drug-likeness (QED) is 0.282. The molecule has 1 fully saturated rings. The van der Waals surface area contributed by atoms with Crippen molar-refractivity contribution >= 4 is 41.5 Å². The number of halogens is 3. The van der Waals surface area contributed by atoms with Crippen molar-refractivity contribution in [3.8, 4) is 0 Å². The largest absolute Gasteiger partial charge is 0.377 e. The van der Waals surface area contributed by atoms with Crippen LogP contribution in [-0.2, 0) is 11.2 Å². The van der Waals surface area contributed by atoms with E-state index < -0.39 is 0 Å². The molecule has 0 atom stereocenters. The summed E-state index contributed by atoms with van der Waals surface area (Å²) in [5.74, 6) is 0.525. The first-order valence-corrected chi connectivity index (χ1v) is 10.7. The minimum absolute atomic E-state index is 0. The van der Waals surface area contributed by atoms with Crippen molar-refractivity contribution in [1.29, 1.82) is 0 Å². The summed E-state index contributed by atoms with van der Waals surface area (Å²) in [5, 5.41) is 7.32. The van der Waals surface area contributed by atoms with Crippen LogP contribution in [0.3, 0.4) is 0 Å². The number of hydrogen-bond acceptors (Lipinski definition) is 3. The number of benzene rings is 1. The van der Waals surface area contributed by atoms with Crippen LogP contribution in [0, 0.1) is 5.82 Å². The summed E-state index contributed by atoms with van der Waals surface area (Å²) in [6.45, 7) is 11.6. The first kappa shape index (κ1) is 26.4. The second-order valence-electron chi connectivity index (χ2n) is 7.43. The molecule has 0 bridgehead atoms. The minimum atomic E-state index is -0.311. The molecule has 0 aliphatic carbocycles. The molecule has 1 aliphatic rings. The summed E-state index contributed by atoms with van der Waals surface area (Å²) in [5.41, 5.74) is 0.916. The standard InChI is InChI=1S/C21H34ClFN4O.HI/c1-4-24-21(25-10-7-17-5-6-18(23)15-20(17)22)26-19-8-11-27(12-9-19)13-14-28-16(2)3;/h5-6,15-16,19H,4,7-14H2,1-3H3,(H2,24,25,26);1H. The highest BCUT2D eigenvalue weighted by atomic mass is 127. The Balaban J connectivity index is 0.00000420. The van der Waals surface area contributed by atoms with Gasteiger partial charge in [0.2, 0.25) is 0 Å². The Hall–Kier alpha value is -0.640. The molecule has 1 aromatic carbocycles. The molecule has 2 rings (SSSR count). The number of hydrogen-bond donors (Lipinski definition) is 2. The van der Waals surface area contributed by atoms with E-state index in [0.29, 0.717) is 30.1 Å². The molecule has 1 aromatic rings. The van der Waals surface area contributed by atoms with Crippen molar-refractivity contribution in [2.75, 3.05) is 39.3 Å². The first-order chi connectivity index (χ1) is 13.5. The number of rotatable bonds is 9. The van der Waals surface area contributed by atoms with E-state index in [1.165, 1.54) is 12.1 Å². The summed E-state index contributed by atoms with van der Waals surface area (Å²) in [7, 11) is 0. The highest BCUT2D eigenvalue weighted by molar-refractivity contribution is 14.0. The van der Waals surface area contributed by atoms with Gasteiger partial charge in [0.25, 0.3) is 0 Å². The zero-order valence-electron chi connectivity index (χ0n) is 17.7. The predicted molar refractivity (Wildman–Crippen MR) is 130 cm³/mol. The number of ether oxygens (including phenoxy) is 1. The van der Waals surface area contributed by atoms with Crippen molar-refractivity contribution in [1.82, 2.24) is 15.5 Å². The van der Waals surface area contributed by atoms with E-state index in [9.17, 15) is 4.39 Å². The molecule has 0 unspecified atom stereocenters. The van der Waals surface area contributed by atoms with Gasteiger partial charge in [0.15, 0.2) is 5.96 Å². The Bertz CT molecular complexity index is 625. The lowest BCUT2D eigenvalue weighted by Crippen LogP contribution is -2.49. The van der Waals surface area contributed by atoms with E-state index in [4.69, 9.17) is 16.3 Å². The fraction of sp³-hybridized carbons (Fsp3) is 0.667. The molecule has 0 spiro atoms. The number of aliphatic imine (C=N–C) groups is 1. The van der Waals surface area contributed by atoms with Crippen molar-refractivity contribution in [3.05, 3.63) is 34.6 Å². The molecule has 0 aromatic heterocycles. The van der Waals surface area contributed by atoms with Crippen LogP contribution in [0.4, 0.5) is 4.39 Å². The molecule has 2 N–H and O–H groups in total.